The summed E-state index contributed by atoms with van der Waals surface area (Å²) in [5.74, 6) is 1.63. The molecule has 0 amide bonds. The molecule has 0 unspecified atom stereocenters. The first-order chi connectivity index (χ1) is 12.8. The summed E-state index contributed by atoms with van der Waals surface area (Å²) < 4.78 is 0. The average molecular weight is 343 g/mol. The maximum absolute atomic E-state index is 8.88. The molecule has 0 aromatic carbocycles. The highest BCUT2D eigenvalue weighted by molar-refractivity contribution is 5.59. The topological polar surface area (TPSA) is 81.8 Å². The van der Waals surface area contributed by atoms with Crippen molar-refractivity contribution in [1.29, 1.82) is 5.26 Å². The molecule has 0 spiro atoms. The van der Waals surface area contributed by atoms with Gasteiger partial charge in [0.05, 0.1) is 11.3 Å². The fourth-order valence-corrected chi connectivity index (χ4v) is 2.95. The van der Waals surface area contributed by atoms with Crippen LogP contribution in [0.15, 0.2) is 55.1 Å². The van der Waals surface area contributed by atoms with Crippen LogP contribution in [0.2, 0.25) is 0 Å². The Bertz CT molecular complexity index is 911. The van der Waals surface area contributed by atoms with Gasteiger partial charge in [-0.15, -0.1) is 0 Å². The number of rotatable bonds is 3. The Balaban J connectivity index is 1.45. The normalized spacial score (nSPS) is 14.1. The molecule has 3 aromatic rings. The molecule has 1 aliphatic rings. The van der Waals surface area contributed by atoms with Gasteiger partial charge in [0.25, 0.3) is 0 Å². The number of anilines is 2. The van der Waals surface area contributed by atoms with Crippen LogP contribution in [0.25, 0.3) is 11.3 Å². The second-order valence-corrected chi connectivity index (χ2v) is 5.97. The van der Waals surface area contributed by atoms with Crippen molar-refractivity contribution in [3.8, 4) is 17.3 Å². The van der Waals surface area contributed by atoms with E-state index in [0.29, 0.717) is 5.56 Å². The van der Waals surface area contributed by atoms with Crippen molar-refractivity contribution in [3.05, 3.63) is 60.7 Å². The van der Waals surface area contributed by atoms with E-state index in [9.17, 15) is 0 Å². The van der Waals surface area contributed by atoms with Crippen LogP contribution in [-0.2, 0) is 0 Å². The Hall–Kier alpha value is -3.53. The number of pyridine rings is 2. The number of hydrogen-bond acceptors (Lipinski definition) is 7. The van der Waals surface area contributed by atoms with Gasteiger partial charge >= 0.3 is 0 Å². The lowest BCUT2D eigenvalue weighted by molar-refractivity contribution is 0.635. The van der Waals surface area contributed by atoms with Crippen LogP contribution < -0.4 is 9.80 Å². The summed E-state index contributed by atoms with van der Waals surface area (Å²) >= 11 is 0. The highest BCUT2D eigenvalue weighted by Crippen LogP contribution is 2.20. The van der Waals surface area contributed by atoms with Crippen molar-refractivity contribution >= 4 is 11.8 Å². The minimum Gasteiger partial charge on any atom is -0.353 e. The number of piperazine rings is 1. The summed E-state index contributed by atoms with van der Waals surface area (Å²) in [5, 5.41) is 8.88. The third-order valence-corrected chi connectivity index (χ3v) is 4.36. The van der Waals surface area contributed by atoms with E-state index >= 15 is 0 Å². The minimum absolute atomic E-state index is 0.577. The summed E-state index contributed by atoms with van der Waals surface area (Å²) in [5.41, 5.74) is 2.43. The second kappa shape index (κ2) is 7.15. The molecule has 0 atom stereocenters. The molecule has 1 aliphatic heterocycles. The Morgan fingerprint density at radius 1 is 0.885 bits per heavy atom. The molecule has 7 heteroatoms. The van der Waals surface area contributed by atoms with Gasteiger partial charge in [-0.2, -0.15) is 5.26 Å². The van der Waals surface area contributed by atoms with Crippen molar-refractivity contribution in [2.24, 2.45) is 0 Å². The Morgan fingerprint density at radius 2 is 1.73 bits per heavy atom. The molecule has 1 fully saturated rings. The van der Waals surface area contributed by atoms with Gasteiger partial charge in [-0.3, -0.25) is 4.98 Å². The minimum atomic E-state index is 0.577. The molecule has 4 rings (SSSR count). The van der Waals surface area contributed by atoms with E-state index in [1.165, 1.54) is 0 Å². The number of nitriles is 1. The van der Waals surface area contributed by atoms with Crippen molar-refractivity contribution in [2.45, 2.75) is 0 Å². The zero-order valence-corrected chi connectivity index (χ0v) is 14.2. The van der Waals surface area contributed by atoms with Gasteiger partial charge in [-0.1, -0.05) is 0 Å². The number of nitrogens with zero attached hydrogens (tertiary/aromatic N) is 7. The van der Waals surface area contributed by atoms with Crippen molar-refractivity contribution in [2.75, 3.05) is 36.0 Å². The summed E-state index contributed by atoms with van der Waals surface area (Å²) in [6, 6.07) is 11.6. The van der Waals surface area contributed by atoms with E-state index in [1.807, 2.05) is 24.3 Å². The fraction of sp³-hybridized carbons (Fsp3) is 0.211. The van der Waals surface area contributed by atoms with Gasteiger partial charge < -0.3 is 9.80 Å². The van der Waals surface area contributed by atoms with Gasteiger partial charge in [-0.25, -0.2) is 15.0 Å². The molecular weight excluding hydrogens is 326 g/mol. The van der Waals surface area contributed by atoms with E-state index in [2.05, 4.69) is 30.8 Å². The maximum atomic E-state index is 8.88. The van der Waals surface area contributed by atoms with Gasteiger partial charge in [0.15, 0.2) is 0 Å². The molecule has 0 N–H and O–H groups in total. The first kappa shape index (κ1) is 16.0. The van der Waals surface area contributed by atoms with Crippen LogP contribution in [0.5, 0.6) is 0 Å². The van der Waals surface area contributed by atoms with Crippen LogP contribution in [0, 0.1) is 11.3 Å². The van der Waals surface area contributed by atoms with Gasteiger partial charge in [-0.05, 0) is 30.3 Å². The maximum Gasteiger partial charge on any atom is 0.225 e. The lowest BCUT2D eigenvalue weighted by atomic mass is 10.2. The van der Waals surface area contributed by atoms with Crippen LogP contribution in [0.4, 0.5) is 11.8 Å². The average Bonchev–Trinajstić information content (AvgIpc) is 2.75. The Kier molecular flexibility index (Phi) is 4.39. The fourth-order valence-electron chi connectivity index (χ4n) is 2.95. The zero-order valence-electron chi connectivity index (χ0n) is 14.2. The van der Waals surface area contributed by atoms with Crippen LogP contribution >= 0.6 is 0 Å². The molecule has 4 heterocycles. The van der Waals surface area contributed by atoms with Crippen LogP contribution in [0.3, 0.4) is 0 Å². The third-order valence-electron chi connectivity index (χ3n) is 4.36. The van der Waals surface area contributed by atoms with Crippen molar-refractivity contribution < 1.29 is 0 Å². The summed E-state index contributed by atoms with van der Waals surface area (Å²) in [6.45, 7) is 3.30. The molecule has 128 valence electrons. The van der Waals surface area contributed by atoms with E-state index in [-0.39, 0.29) is 0 Å². The monoisotopic (exact) mass is 343 g/mol. The third kappa shape index (κ3) is 3.30. The first-order valence-electron chi connectivity index (χ1n) is 8.43. The van der Waals surface area contributed by atoms with Gasteiger partial charge in [0.1, 0.15) is 11.9 Å². The lowest BCUT2D eigenvalue weighted by Crippen LogP contribution is -2.47. The van der Waals surface area contributed by atoms with E-state index < -0.39 is 0 Å². The van der Waals surface area contributed by atoms with Gasteiger partial charge in [0, 0.05) is 56.5 Å². The number of aromatic nitrogens is 4. The molecular formula is C19H17N7. The predicted octanol–water partition coefficient (Wildman–Crippen LogP) is 2.13. The van der Waals surface area contributed by atoms with Crippen LogP contribution in [0.1, 0.15) is 5.56 Å². The standard InChI is InChI=1S/C19H17N7/c20-12-15-3-4-18(23-13-15)25-8-10-26(11-9-25)19-22-7-5-17(24-19)16-2-1-6-21-14-16/h1-7,13-14H,8-11H2. The first-order valence-corrected chi connectivity index (χ1v) is 8.43. The summed E-state index contributed by atoms with van der Waals surface area (Å²) in [6.07, 6.45) is 6.96. The van der Waals surface area contributed by atoms with E-state index in [1.54, 1.807) is 30.9 Å². The molecule has 0 bridgehead atoms. The second-order valence-electron chi connectivity index (χ2n) is 5.97. The van der Waals surface area contributed by atoms with Gasteiger partial charge in [0.2, 0.25) is 5.95 Å². The van der Waals surface area contributed by atoms with Crippen LogP contribution in [-0.4, -0.2) is 46.1 Å². The lowest BCUT2D eigenvalue weighted by Gasteiger charge is -2.35. The van der Waals surface area contributed by atoms with Crippen molar-refractivity contribution in [1.82, 2.24) is 19.9 Å². The predicted molar refractivity (Wildman–Crippen MR) is 98.6 cm³/mol. The summed E-state index contributed by atoms with van der Waals surface area (Å²) in [4.78, 5) is 22.0. The van der Waals surface area contributed by atoms with E-state index in [4.69, 9.17) is 10.2 Å². The molecule has 0 aliphatic carbocycles. The Morgan fingerprint density at radius 3 is 2.42 bits per heavy atom. The largest absolute Gasteiger partial charge is 0.353 e. The molecule has 7 nitrogen and oxygen atoms in total. The zero-order chi connectivity index (χ0) is 17.8. The van der Waals surface area contributed by atoms with Crippen molar-refractivity contribution in [3.63, 3.8) is 0 Å². The smallest absolute Gasteiger partial charge is 0.225 e. The molecule has 0 radical (unpaired) electrons. The Labute approximate surface area is 151 Å². The number of hydrogen-bond donors (Lipinski definition) is 0. The quantitative estimate of drug-likeness (QED) is 0.720. The molecule has 0 saturated carbocycles. The highest BCUT2D eigenvalue weighted by Gasteiger charge is 2.20. The summed E-state index contributed by atoms with van der Waals surface area (Å²) in [7, 11) is 0. The molecule has 1 saturated heterocycles. The molecule has 3 aromatic heterocycles. The molecule has 26 heavy (non-hydrogen) atoms. The highest BCUT2D eigenvalue weighted by atomic mass is 15.3. The SMILES string of the molecule is N#Cc1ccc(N2CCN(c3nccc(-c4cccnc4)n3)CC2)nc1. The van der Waals surface area contributed by atoms with E-state index in [0.717, 1.165) is 49.2 Å².